The van der Waals surface area contributed by atoms with Gasteiger partial charge in [-0.25, -0.2) is 19.0 Å². The van der Waals surface area contributed by atoms with Crippen molar-refractivity contribution in [3.05, 3.63) is 42.1 Å². The number of hydrogen-bond acceptors (Lipinski definition) is 9. The summed E-state index contributed by atoms with van der Waals surface area (Å²) in [7, 11) is 1.48. The molecule has 0 spiro atoms. The number of halogens is 1. The van der Waals surface area contributed by atoms with Crippen LogP contribution in [0.1, 0.15) is 30.1 Å². The molecule has 1 unspecified atom stereocenters. The maximum absolute atomic E-state index is 14.7. The van der Waals surface area contributed by atoms with Crippen molar-refractivity contribution in [1.82, 2.24) is 25.0 Å². The standard InChI is InChI=1S/C20H24FN9O2/c1-10(22)16(11-3-4-11)27-19-14(21)8-13(17(23)31)18(28-19)26-12-7-15(20(32-2)24-9-12)30-6-5-25-29-30/h5-11,16H,3-4,22H2,1-2H3,(H2,23,31)(H2,26,27,28)/t10-,16?/m0/s1. The number of ether oxygens (including phenoxy) is 1. The Bertz CT molecular complexity index is 1110. The molecule has 6 N–H and O–H groups in total. The molecule has 1 aliphatic rings. The molecule has 32 heavy (non-hydrogen) atoms. The van der Waals surface area contributed by atoms with Crippen LogP contribution < -0.4 is 26.8 Å². The van der Waals surface area contributed by atoms with E-state index in [1.807, 2.05) is 6.92 Å². The highest BCUT2D eigenvalue weighted by Gasteiger charge is 2.34. The predicted octanol–water partition coefficient (Wildman–Crippen LogP) is 1.59. The zero-order valence-electron chi connectivity index (χ0n) is 17.6. The molecule has 2 atom stereocenters. The van der Waals surface area contributed by atoms with Gasteiger partial charge >= 0.3 is 0 Å². The van der Waals surface area contributed by atoms with Crippen LogP contribution in [0.25, 0.3) is 5.69 Å². The van der Waals surface area contributed by atoms with Crippen molar-refractivity contribution in [2.24, 2.45) is 17.4 Å². The average molecular weight is 441 g/mol. The van der Waals surface area contributed by atoms with Crippen molar-refractivity contribution < 1.29 is 13.9 Å². The van der Waals surface area contributed by atoms with Crippen LogP contribution in [0, 0.1) is 11.7 Å². The number of carbonyl (C=O) groups is 1. The summed E-state index contributed by atoms with van der Waals surface area (Å²) >= 11 is 0. The van der Waals surface area contributed by atoms with Gasteiger partial charge in [-0.15, -0.1) is 5.10 Å². The van der Waals surface area contributed by atoms with Gasteiger partial charge in [0.05, 0.1) is 37.0 Å². The minimum absolute atomic E-state index is 0.00956. The van der Waals surface area contributed by atoms with E-state index in [0.717, 1.165) is 18.9 Å². The van der Waals surface area contributed by atoms with Crippen molar-refractivity contribution in [1.29, 1.82) is 0 Å². The number of anilines is 3. The second-order valence-corrected chi connectivity index (χ2v) is 7.67. The van der Waals surface area contributed by atoms with Crippen molar-refractivity contribution in [2.75, 3.05) is 17.7 Å². The third-order valence-corrected chi connectivity index (χ3v) is 5.20. The quantitative estimate of drug-likeness (QED) is 0.387. The number of aromatic nitrogens is 5. The molecule has 3 aromatic heterocycles. The lowest BCUT2D eigenvalue weighted by Gasteiger charge is -2.23. The smallest absolute Gasteiger partial charge is 0.252 e. The highest BCUT2D eigenvalue weighted by atomic mass is 19.1. The van der Waals surface area contributed by atoms with Crippen LogP contribution in [0.4, 0.5) is 21.7 Å². The number of rotatable bonds is 9. The van der Waals surface area contributed by atoms with E-state index in [4.69, 9.17) is 16.2 Å². The normalized spacial score (nSPS) is 15.1. The maximum Gasteiger partial charge on any atom is 0.252 e. The van der Waals surface area contributed by atoms with Gasteiger partial charge in [0.25, 0.3) is 5.91 Å². The summed E-state index contributed by atoms with van der Waals surface area (Å²) in [4.78, 5) is 20.5. The molecule has 0 radical (unpaired) electrons. The molecular weight excluding hydrogens is 417 g/mol. The third-order valence-electron chi connectivity index (χ3n) is 5.20. The Kier molecular flexibility index (Phi) is 5.86. The van der Waals surface area contributed by atoms with E-state index in [2.05, 4.69) is 30.9 Å². The van der Waals surface area contributed by atoms with Gasteiger partial charge in [0.1, 0.15) is 11.5 Å². The molecule has 1 aliphatic carbocycles. The fourth-order valence-electron chi connectivity index (χ4n) is 3.47. The molecule has 0 bridgehead atoms. The third kappa shape index (κ3) is 4.44. The summed E-state index contributed by atoms with van der Waals surface area (Å²) in [6.07, 6.45) is 6.67. The summed E-state index contributed by atoms with van der Waals surface area (Å²) in [6.45, 7) is 1.86. The first kappa shape index (κ1) is 21.4. The lowest BCUT2D eigenvalue weighted by atomic mass is 10.1. The fourth-order valence-corrected chi connectivity index (χ4v) is 3.47. The first-order valence-electron chi connectivity index (χ1n) is 10.1. The molecular formula is C20H24FN9O2. The predicted molar refractivity (Wildman–Crippen MR) is 115 cm³/mol. The van der Waals surface area contributed by atoms with Crippen LogP contribution in [-0.2, 0) is 0 Å². The number of amides is 1. The van der Waals surface area contributed by atoms with E-state index < -0.39 is 11.7 Å². The van der Waals surface area contributed by atoms with Gasteiger partial charge < -0.3 is 26.8 Å². The van der Waals surface area contributed by atoms with E-state index in [0.29, 0.717) is 23.2 Å². The molecule has 1 fully saturated rings. The van der Waals surface area contributed by atoms with E-state index in [-0.39, 0.29) is 29.3 Å². The van der Waals surface area contributed by atoms with Crippen LogP contribution in [-0.4, -0.2) is 50.1 Å². The second kappa shape index (κ2) is 8.75. The highest BCUT2D eigenvalue weighted by molar-refractivity contribution is 5.98. The maximum atomic E-state index is 14.7. The largest absolute Gasteiger partial charge is 0.479 e. The zero-order valence-corrected chi connectivity index (χ0v) is 17.6. The van der Waals surface area contributed by atoms with Crippen molar-refractivity contribution in [3.63, 3.8) is 0 Å². The average Bonchev–Trinajstić information content (AvgIpc) is 3.45. The van der Waals surface area contributed by atoms with E-state index >= 15 is 0 Å². The zero-order chi connectivity index (χ0) is 22.8. The van der Waals surface area contributed by atoms with Crippen molar-refractivity contribution >= 4 is 23.2 Å². The van der Waals surface area contributed by atoms with Gasteiger partial charge in [-0.2, -0.15) is 0 Å². The molecule has 0 saturated heterocycles. The van der Waals surface area contributed by atoms with Crippen LogP contribution in [0.2, 0.25) is 0 Å². The Morgan fingerprint density at radius 2 is 2.12 bits per heavy atom. The molecule has 0 aliphatic heterocycles. The van der Waals surface area contributed by atoms with Gasteiger partial charge in [-0.3, -0.25) is 4.79 Å². The van der Waals surface area contributed by atoms with E-state index in [1.165, 1.54) is 24.2 Å². The van der Waals surface area contributed by atoms with Crippen LogP contribution in [0.15, 0.2) is 30.7 Å². The Hall–Kier alpha value is -3.80. The minimum Gasteiger partial charge on any atom is -0.479 e. The SMILES string of the molecule is COc1ncc(Nc2nc(NC(C3CC3)[C@H](C)N)c(F)cc2C(N)=O)cc1-n1ccnn1. The number of carbonyl (C=O) groups excluding carboxylic acids is 1. The van der Waals surface area contributed by atoms with Gasteiger partial charge in [-0.05, 0) is 37.8 Å². The lowest BCUT2D eigenvalue weighted by molar-refractivity contribution is 0.100. The van der Waals surface area contributed by atoms with E-state index in [9.17, 15) is 9.18 Å². The Morgan fingerprint density at radius 1 is 1.34 bits per heavy atom. The number of nitrogens with zero attached hydrogens (tertiary/aromatic N) is 5. The number of hydrogen-bond donors (Lipinski definition) is 4. The molecule has 0 aromatic carbocycles. The molecule has 4 rings (SSSR count). The minimum atomic E-state index is -0.825. The summed E-state index contributed by atoms with van der Waals surface area (Å²) < 4.78 is 21.5. The fraction of sp³-hybridized carbons (Fsp3) is 0.350. The number of nitrogens with one attached hydrogen (secondary N) is 2. The monoisotopic (exact) mass is 441 g/mol. The van der Waals surface area contributed by atoms with Crippen LogP contribution in [0.5, 0.6) is 5.88 Å². The van der Waals surface area contributed by atoms with Crippen molar-refractivity contribution in [2.45, 2.75) is 31.8 Å². The van der Waals surface area contributed by atoms with Crippen molar-refractivity contribution in [3.8, 4) is 11.6 Å². The Morgan fingerprint density at radius 3 is 2.72 bits per heavy atom. The topological polar surface area (TPSA) is 159 Å². The first-order valence-corrected chi connectivity index (χ1v) is 10.1. The number of nitrogens with two attached hydrogens (primary N) is 2. The number of primary amides is 1. The Labute approximate surface area is 183 Å². The van der Waals surface area contributed by atoms with Gasteiger partial charge in [0.2, 0.25) is 5.88 Å². The first-order chi connectivity index (χ1) is 15.4. The van der Waals surface area contributed by atoms with E-state index in [1.54, 1.807) is 12.3 Å². The van der Waals surface area contributed by atoms with Gasteiger partial charge in [0.15, 0.2) is 11.6 Å². The number of methoxy groups -OCH3 is 1. The van der Waals surface area contributed by atoms with Crippen LogP contribution in [0.3, 0.4) is 0 Å². The van der Waals surface area contributed by atoms with Crippen LogP contribution >= 0.6 is 0 Å². The molecule has 1 saturated carbocycles. The molecule has 3 heterocycles. The summed E-state index contributed by atoms with van der Waals surface area (Å²) in [5.74, 6) is -0.766. The van der Waals surface area contributed by atoms with Gasteiger partial charge in [0, 0.05) is 12.1 Å². The summed E-state index contributed by atoms with van der Waals surface area (Å²) in [5, 5.41) is 13.8. The van der Waals surface area contributed by atoms with Gasteiger partial charge in [-0.1, -0.05) is 5.21 Å². The second-order valence-electron chi connectivity index (χ2n) is 7.67. The molecule has 168 valence electrons. The number of pyridine rings is 2. The molecule has 12 heteroatoms. The lowest BCUT2D eigenvalue weighted by Crippen LogP contribution is -2.40. The summed E-state index contributed by atoms with van der Waals surface area (Å²) in [5.41, 5.74) is 12.4. The molecule has 3 aromatic rings. The molecule has 11 nitrogen and oxygen atoms in total. The highest BCUT2D eigenvalue weighted by Crippen LogP contribution is 2.36. The molecule has 1 amide bonds. The summed E-state index contributed by atoms with van der Waals surface area (Å²) in [6, 6.07) is 2.40. The Balaban J connectivity index is 1.69.